The van der Waals surface area contributed by atoms with Crippen molar-refractivity contribution in [3.05, 3.63) is 29.8 Å². The fourth-order valence-electron chi connectivity index (χ4n) is 14.9. The SMILES string of the molecule is CC(=O)N[C@@H]1[C@@H](O)[C@H](O[C@@H]2O[C@H](CO)[C@@H](O[C@@H]3O[C@H](CO[C@H]4O[C@H](CO)[C@@H](O)[C@H](O)[C@@H]4O[C@@H]4O[C@H](CO)[C@@H](O)[C@H](O)[C@H]4NC(C)=O)[C@@H](O)[C@H](O[C@H]4O[C@H](CO)[C@@H](O)[C@H](O)[C@@H]4O[C@@H]4O[C@H](CO)[C@@H](O)[C@H](O)[C@H]4NC(C)=O)[C@@H]3O)[C@H](O)[C@H]2NC(C)=O)[C@@H](CO)O[C@H]1NC(=O)C[C@H](NC(=O)[C@H](CO)NC(=O)[C@H](CO)NC(=O)[C@@H](N)CO)C(=O)N[C@@H](Cc1ccc(O)cc1)C(=O)O. The van der Waals surface area contributed by atoms with Gasteiger partial charge in [-0.1, -0.05) is 12.1 Å². The summed E-state index contributed by atoms with van der Waals surface area (Å²) in [7, 11) is 0. The van der Waals surface area contributed by atoms with E-state index in [2.05, 4.69) is 37.2 Å². The predicted molar refractivity (Wildman–Crippen MR) is 405 cm³/mol. The highest BCUT2D eigenvalue weighted by atomic mass is 16.8. The number of phenols is 1. The molecule has 0 aromatic heterocycles. The summed E-state index contributed by atoms with van der Waals surface area (Å²) in [5.74, 6) is -12.6. The number of ether oxygens (including phenoxy) is 13. The first-order valence-electron chi connectivity index (χ1n) is 40.0. The van der Waals surface area contributed by atoms with Crippen LogP contribution in [0, 0.1) is 0 Å². The van der Waals surface area contributed by atoms with Crippen molar-refractivity contribution < 1.29 is 227 Å². The van der Waals surface area contributed by atoms with Gasteiger partial charge in [-0.3, -0.25) is 43.2 Å². The molecule has 56 nitrogen and oxygen atoms in total. The van der Waals surface area contributed by atoms with Crippen LogP contribution in [0.2, 0.25) is 0 Å². The minimum absolute atomic E-state index is 0.208. The summed E-state index contributed by atoms with van der Waals surface area (Å²) in [6.45, 7) is -7.75. The molecule has 0 aliphatic carbocycles. The van der Waals surface area contributed by atoms with Gasteiger partial charge in [-0.05, 0) is 17.7 Å². The molecule has 0 saturated carbocycles. The Hall–Kier alpha value is -7.68. The van der Waals surface area contributed by atoms with E-state index in [1.807, 2.05) is 10.6 Å². The number of hydrogen-bond donors (Lipinski definition) is 33. The van der Waals surface area contributed by atoms with E-state index in [1.54, 1.807) is 0 Å². The van der Waals surface area contributed by atoms with Gasteiger partial charge < -0.3 is 233 Å². The first-order valence-corrected chi connectivity index (χ1v) is 40.0. The van der Waals surface area contributed by atoms with E-state index in [9.17, 15) is 165 Å². The van der Waals surface area contributed by atoms with Gasteiger partial charge in [0.2, 0.25) is 53.2 Å². The second-order valence-electron chi connectivity index (χ2n) is 31.0. The van der Waals surface area contributed by atoms with Crippen LogP contribution in [0.3, 0.4) is 0 Å². The van der Waals surface area contributed by atoms with Gasteiger partial charge in [0.25, 0.3) is 0 Å². The highest BCUT2D eigenvalue weighted by Gasteiger charge is 2.60. The Balaban J connectivity index is 1.10. The number of carboxylic acid groups (broad SMARTS) is 1. The van der Waals surface area contributed by atoms with E-state index >= 15 is 0 Å². The number of aromatic hydroxyl groups is 1. The zero-order chi connectivity index (χ0) is 94.9. The Morgan fingerprint density at radius 1 is 0.352 bits per heavy atom. The molecule has 34 N–H and O–H groups in total. The highest BCUT2D eigenvalue weighted by Crippen LogP contribution is 2.39. The average Bonchev–Trinajstić information content (AvgIpc) is 0.768. The maximum Gasteiger partial charge on any atom is 0.326 e. The van der Waals surface area contributed by atoms with Crippen LogP contribution in [0.4, 0.5) is 0 Å². The topological polar surface area (TPSA) is 890 Å². The van der Waals surface area contributed by atoms with Gasteiger partial charge in [0.15, 0.2) is 44.0 Å². The monoisotopic (exact) mass is 1850 g/mol. The third-order valence-electron chi connectivity index (χ3n) is 21.6. The van der Waals surface area contributed by atoms with Gasteiger partial charge in [0, 0.05) is 34.1 Å². The molecular formula is C72H114N10O46. The zero-order valence-electron chi connectivity index (χ0n) is 68.6. The Kier molecular flexibility index (Phi) is 39.7. The number of benzene rings is 1. The molecule has 7 saturated heterocycles. The number of carbonyl (C=O) groups excluding carboxylic acids is 9. The Labute approximate surface area is 724 Å². The van der Waals surface area contributed by atoms with Crippen LogP contribution in [-0.2, 0) is 116 Å². The fraction of sp³-hybridized carbons (Fsp3) is 0.778. The number of rotatable bonds is 40. The highest BCUT2D eigenvalue weighted by molar-refractivity contribution is 5.97. The number of aliphatic hydroxyl groups excluding tert-OH is 21. The van der Waals surface area contributed by atoms with Crippen molar-refractivity contribution >= 4 is 59.1 Å². The average molecular weight is 1860 g/mol. The lowest BCUT2D eigenvalue weighted by Gasteiger charge is -2.51. The van der Waals surface area contributed by atoms with E-state index in [0.29, 0.717) is 0 Å². The number of carbonyl (C=O) groups is 10. The lowest BCUT2D eigenvalue weighted by molar-refractivity contribution is -0.395. The number of aliphatic carboxylic acids is 1. The molecule has 7 fully saturated rings. The number of carboxylic acids is 1. The van der Waals surface area contributed by atoms with Crippen molar-refractivity contribution in [3.63, 3.8) is 0 Å². The summed E-state index contributed by atoms with van der Waals surface area (Å²) >= 11 is 0. The summed E-state index contributed by atoms with van der Waals surface area (Å²) in [6, 6.07) is -12.5. The Morgan fingerprint density at radius 3 is 1.15 bits per heavy atom. The van der Waals surface area contributed by atoms with Crippen molar-refractivity contribution in [2.24, 2.45) is 5.73 Å². The van der Waals surface area contributed by atoms with E-state index in [-0.39, 0.29) is 11.3 Å². The van der Waals surface area contributed by atoms with Gasteiger partial charge in [-0.25, -0.2) is 4.79 Å². The van der Waals surface area contributed by atoms with Gasteiger partial charge in [0.05, 0.1) is 72.5 Å². The molecule has 128 heavy (non-hydrogen) atoms. The molecule has 40 atom stereocenters. The molecule has 0 unspecified atom stereocenters. The van der Waals surface area contributed by atoms with Crippen molar-refractivity contribution in [3.8, 4) is 5.75 Å². The van der Waals surface area contributed by atoms with Crippen LogP contribution in [0.25, 0.3) is 0 Å². The summed E-state index contributed by atoms with van der Waals surface area (Å²) in [6.07, 6.45) is -68.2. The van der Waals surface area contributed by atoms with Crippen LogP contribution >= 0.6 is 0 Å². The normalized spacial score (nSPS) is 37.9. The molecule has 56 heteroatoms. The first kappa shape index (κ1) is 106. The van der Waals surface area contributed by atoms with Crippen LogP contribution < -0.4 is 53.6 Å². The summed E-state index contributed by atoms with van der Waals surface area (Å²) in [4.78, 5) is 132. The third kappa shape index (κ3) is 26.2. The number of nitrogens with one attached hydrogen (secondary N) is 9. The minimum Gasteiger partial charge on any atom is -0.508 e. The number of aliphatic hydroxyl groups is 21. The maximum absolute atomic E-state index is 14.4. The molecule has 7 heterocycles. The second-order valence-corrected chi connectivity index (χ2v) is 31.0. The van der Waals surface area contributed by atoms with Crippen molar-refractivity contribution in [1.29, 1.82) is 0 Å². The second kappa shape index (κ2) is 48.1. The Morgan fingerprint density at radius 2 is 0.703 bits per heavy atom. The predicted octanol–water partition coefficient (Wildman–Crippen LogP) is -20.9. The van der Waals surface area contributed by atoms with E-state index in [0.717, 1.165) is 27.7 Å². The summed E-state index contributed by atoms with van der Waals surface area (Å²) in [5, 5.41) is 272. The van der Waals surface area contributed by atoms with Crippen LogP contribution in [0.15, 0.2) is 24.3 Å². The zero-order valence-corrected chi connectivity index (χ0v) is 68.6. The van der Waals surface area contributed by atoms with Crippen molar-refractivity contribution in [2.75, 3.05) is 66.1 Å². The number of hydrogen-bond acceptors (Lipinski definition) is 46. The molecule has 8 rings (SSSR count). The molecule has 0 spiro atoms. The quantitative estimate of drug-likeness (QED) is 0.0290. The van der Waals surface area contributed by atoms with Crippen LogP contribution in [0.5, 0.6) is 5.75 Å². The van der Waals surface area contributed by atoms with E-state index < -0.39 is 383 Å². The molecule has 0 radical (unpaired) electrons. The molecule has 1 aromatic rings. The van der Waals surface area contributed by atoms with E-state index in [1.165, 1.54) is 24.3 Å². The molecule has 7 aliphatic heterocycles. The lowest BCUT2D eigenvalue weighted by atomic mass is 9.93. The molecule has 1 aromatic carbocycles. The standard InChI is InChI=1S/C72H114N10O46/c1-21(92)74-40-51(105)56(36(18-90)117-65(40)82-39(97)10-28(62(111)79-29(66(114)115)9-25-5-7-26(96)8-6-25)78-63(112)31(13-85)81-64(113)30(12-84)80-61(110)27(73)11-83)124-69-43(77-24(4)95)52(106)57(37(19-91)122-69)125-70-55(109)58(126-72-60(54(108)47(101)35(17-89)121-72)128-68-42(76-23(3)94)50(104)45(99)33(15-87)119-68)48(102)38(123-70)20-116-71-59(53(107)46(100)34(16-88)120-71)127-67-41(75-22(2)93)49(103)44(98)32(14-86)118-67/h5-8,27-38,40-60,65,67-72,83-91,96,98-109H,9-20,73H2,1-4H3,(H,74,92)(H,75,93)(H,76,94)(H,77,95)(H,78,112)(H,79,111)(H,80,110)(H,81,113)(H,82,97)(H,114,115)/t27-,28-,29-,30-,31-,32+,33+,34+,35+,36+,37+,38+,40+,41+,42+,43+,44+,45+,46+,47+,48+,49+,50+,51+,52+,53-,54-,55-,56+,57+,58-,59-,60-,65+,67-,68-,69-,70-,71-,72+/m0/s1. The number of nitrogens with two attached hydrogens (primary N) is 1. The molecule has 728 valence electrons. The summed E-state index contributed by atoms with van der Waals surface area (Å²) < 4.78 is 78.0. The summed E-state index contributed by atoms with van der Waals surface area (Å²) in [5.41, 5.74) is 5.69. The van der Waals surface area contributed by atoms with Crippen LogP contribution in [0.1, 0.15) is 39.7 Å². The van der Waals surface area contributed by atoms with E-state index in [4.69, 9.17) is 67.3 Å². The Bertz CT molecular complexity index is 3810. The van der Waals surface area contributed by atoms with Crippen molar-refractivity contribution in [1.82, 2.24) is 47.9 Å². The number of phenolic OH excluding ortho intramolecular Hbond substituents is 1. The van der Waals surface area contributed by atoms with Crippen LogP contribution in [-0.4, -0.2) is 487 Å². The maximum atomic E-state index is 14.4. The van der Waals surface area contributed by atoms with Gasteiger partial charge in [-0.15, -0.1) is 0 Å². The third-order valence-corrected chi connectivity index (χ3v) is 21.6. The smallest absolute Gasteiger partial charge is 0.326 e. The molecule has 9 amide bonds. The largest absolute Gasteiger partial charge is 0.508 e. The molecule has 0 bridgehead atoms. The van der Waals surface area contributed by atoms with Crippen molar-refractivity contribution in [2.45, 2.75) is 285 Å². The molecule has 7 aliphatic rings. The van der Waals surface area contributed by atoms with Gasteiger partial charge in [-0.2, -0.15) is 0 Å². The first-order chi connectivity index (χ1) is 60.5. The molecular weight excluding hydrogens is 1740 g/mol. The van der Waals surface area contributed by atoms with Gasteiger partial charge >= 0.3 is 5.97 Å². The van der Waals surface area contributed by atoms with Gasteiger partial charge in [0.1, 0.15) is 207 Å². The number of amides is 9. The fourth-order valence-corrected chi connectivity index (χ4v) is 14.9. The lowest BCUT2D eigenvalue weighted by Crippen LogP contribution is -2.71. The minimum atomic E-state index is -2.59.